The van der Waals surface area contributed by atoms with Crippen molar-refractivity contribution in [1.29, 1.82) is 0 Å². The van der Waals surface area contributed by atoms with Crippen molar-refractivity contribution in [1.82, 2.24) is 4.98 Å². The van der Waals surface area contributed by atoms with Gasteiger partial charge in [0.05, 0.1) is 16.1 Å². The number of hydrogen-bond acceptors (Lipinski definition) is 4. The summed E-state index contributed by atoms with van der Waals surface area (Å²) in [4.78, 5) is 2.74. The first-order valence-corrected chi connectivity index (χ1v) is 7.28. The van der Waals surface area contributed by atoms with E-state index in [2.05, 4.69) is 4.98 Å². The molecule has 11 heteroatoms. The zero-order valence-electron chi connectivity index (χ0n) is 9.92. The van der Waals surface area contributed by atoms with Crippen molar-refractivity contribution in [2.45, 2.75) is 11.3 Å². The van der Waals surface area contributed by atoms with Crippen molar-refractivity contribution in [3.63, 3.8) is 0 Å². The summed E-state index contributed by atoms with van der Waals surface area (Å²) in [5.41, 5.74) is -1.60. The number of thiazole rings is 1. The quantitative estimate of drug-likeness (QED) is 0.393. The fraction of sp³-hybridized carbons (Fsp3) is 0.100. The Labute approximate surface area is 118 Å². The molecular weight excluding hydrogens is 341 g/mol. The molecule has 0 aliphatic heterocycles. The normalized spacial score (nSPS) is 12.0. The van der Waals surface area contributed by atoms with Crippen LogP contribution in [0.1, 0.15) is 5.69 Å². The van der Waals surface area contributed by atoms with Crippen LogP contribution in [0.4, 0.5) is 22.0 Å². The summed E-state index contributed by atoms with van der Waals surface area (Å²) in [5.74, 6) is -10.9. The van der Waals surface area contributed by atoms with Gasteiger partial charge in [0, 0.05) is 0 Å². The van der Waals surface area contributed by atoms with Crippen molar-refractivity contribution in [2.24, 2.45) is 0 Å². The summed E-state index contributed by atoms with van der Waals surface area (Å²) in [5, 5.41) is 0. The molecule has 1 N–H and O–H groups in total. The molecule has 0 fully saturated rings. The molecule has 2 aromatic rings. The van der Waals surface area contributed by atoms with Crippen LogP contribution in [0.15, 0.2) is 4.34 Å². The van der Waals surface area contributed by atoms with Gasteiger partial charge in [0.1, 0.15) is 0 Å². The molecule has 0 aliphatic rings. The number of benzene rings is 1. The monoisotopic (exact) mass is 345 g/mol. The van der Waals surface area contributed by atoms with Crippen molar-refractivity contribution < 1.29 is 34.9 Å². The zero-order valence-corrected chi connectivity index (χ0v) is 11.6. The van der Waals surface area contributed by atoms with Crippen LogP contribution in [0, 0.1) is 36.0 Å². The minimum atomic E-state index is -4.77. The number of nitrogens with zero attached hydrogens (tertiary/aromatic N) is 1. The maximum atomic E-state index is 13.6. The Bertz CT molecular complexity index is 818. The van der Waals surface area contributed by atoms with Gasteiger partial charge in [-0.3, -0.25) is 4.55 Å². The largest absolute Gasteiger partial charge is 0.322 e. The van der Waals surface area contributed by atoms with Gasteiger partial charge in [-0.05, 0) is 6.92 Å². The maximum absolute atomic E-state index is 13.6. The van der Waals surface area contributed by atoms with Crippen molar-refractivity contribution in [3.05, 3.63) is 34.8 Å². The second kappa shape index (κ2) is 5.00. The molecule has 0 spiro atoms. The summed E-state index contributed by atoms with van der Waals surface area (Å²) >= 11 is 0.0863. The Morgan fingerprint density at radius 2 is 1.38 bits per heavy atom. The average molecular weight is 345 g/mol. The molecule has 21 heavy (non-hydrogen) atoms. The Hall–Kier alpha value is -1.59. The predicted molar refractivity (Wildman–Crippen MR) is 61.9 cm³/mol. The predicted octanol–water partition coefficient (Wildman–Crippen LogP) is 3.06. The fourth-order valence-corrected chi connectivity index (χ4v) is 3.27. The van der Waals surface area contributed by atoms with Crippen LogP contribution in [0.5, 0.6) is 0 Å². The average Bonchev–Trinajstić information content (AvgIpc) is 2.77. The van der Waals surface area contributed by atoms with Crippen LogP contribution in [-0.4, -0.2) is 18.0 Å². The summed E-state index contributed by atoms with van der Waals surface area (Å²) in [6, 6.07) is 0. The molecule has 1 aromatic carbocycles. The van der Waals surface area contributed by atoms with E-state index in [1.807, 2.05) is 0 Å². The molecule has 1 aromatic heterocycles. The molecule has 2 rings (SSSR count). The zero-order chi connectivity index (χ0) is 16.1. The van der Waals surface area contributed by atoms with E-state index >= 15 is 0 Å². The first-order chi connectivity index (χ1) is 9.55. The van der Waals surface area contributed by atoms with E-state index in [1.54, 1.807) is 0 Å². The molecular formula is C10H4F5NO3S2. The van der Waals surface area contributed by atoms with E-state index in [0.29, 0.717) is 0 Å². The second-order valence-electron chi connectivity index (χ2n) is 3.81. The Morgan fingerprint density at radius 1 is 0.952 bits per heavy atom. The van der Waals surface area contributed by atoms with Crippen LogP contribution < -0.4 is 0 Å². The van der Waals surface area contributed by atoms with Gasteiger partial charge in [-0.25, -0.2) is 26.9 Å². The van der Waals surface area contributed by atoms with E-state index in [-0.39, 0.29) is 17.0 Å². The molecule has 0 saturated heterocycles. The summed E-state index contributed by atoms with van der Waals surface area (Å²) < 4.78 is 96.1. The lowest BCUT2D eigenvalue weighted by atomic mass is 10.1. The highest BCUT2D eigenvalue weighted by Gasteiger charge is 2.30. The number of aryl methyl sites for hydroxylation is 1. The molecule has 114 valence electrons. The van der Waals surface area contributed by atoms with E-state index in [9.17, 15) is 30.4 Å². The Kier molecular flexibility index (Phi) is 3.76. The van der Waals surface area contributed by atoms with Crippen LogP contribution in [0.3, 0.4) is 0 Å². The number of halogens is 5. The van der Waals surface area contributed by atoms with Gasteiger partial charge >= 0.3 is 10.1 Å². The van der Waals surface area contributed by atoms with Gasteiger partial charge in [-0.1, -0.05) is 11.3 Å². The topological polar surface area (TPSA) is 67.3 Å². The Balaban J connectivity index is 2.83. The van der Waals surface area contributed by atoms with Gasteiger partial charge in [0.15, 0.2) is 23.3 Å². The molecule has 0 aliphatic carbocycles. The SMILES string of the molecule is Cc1nc(S(=O)(=O)O)sc1-c1c(F)c(F)c(F)c(F)c1F. The van der Waals surface area contributed by atoms with Gasteiger partial charge in [0.2, 0.25) is 10.2 Å². The standard InChI is InChI=1S/C10H4F5NO3S2/c1-2-9(20-10(16-2)21(17,18)19)3-4(11)6(13)8(15)7(14)5(3)12/h1H3,(H,17,18,19). The van der Waals surface area contributed by atoms with Crippen LogP contribution in [-0.2, 0) is 10.1 Å². The van der Waals surface area contributed by atoms with Crippen LogP contribution in [0.2, 0.25) is 0 Å². The molecule has 0 amide bonds. The minimum absolute atomic E-state index is 0.0863. The van der Waals surface area contributed by atoms with Gasteiger partial charge < -0.3 is 0 Å². The maximum Gasteiger partial charge on any atom is 0.322 e. The first-order valence-electron chi connectivity index (χ1n) is 5.02. The highest BCUT2D eigenvalue weighted by atomic mass is 32.3. The van der Waals surface area contributed by atoms with Gasteiger partial charge in [-0.2, -0.15) is 8.42 Å². The molecule has 0 unspecified atom stereocenters. The smallest absolute Gasteiger partial charge is 0.280 e. The van der Waals surface area contributed by atoms with Crippen molar-refractivity contribution in [3.8, 4) is 10.4 Å². The van der Waals surface area contributed by atoms with Crippen molar-refractivity contribution >= 4 is 21.5 Å². The van der Waals surface area contributed by atoms with E-state index in [4.69, 9.17) is 4.55 Å². The minimum Gasteiger partial charge on any atom is -0.280 e. The van der Waals surface area contributed by atoms with Crippen LogP contribution in [0.25, 0.3) is 10.4 Å². The van der Waals surface area contributed by atoms with Crippen LogP contribution >= 0.6 is 11.3 Å². The third kappa shape index (κ3) is 2.51. The first kappa shape index (κ1) is 15.8. The van der Waals surface area contributed by atoms with E-state index in [0.717, 1.165) is 6.92 Å². The molecule has 0 atom stereocenters. The molecule has 1 heterocycles. The van der Waals surface area contributed by atoms with Crippen molar-refractivity contribution in [2.75, 3.05) is 0 Å². The number of aromatic nitrogens is 1. The molecule has 0 bridgehead atoms. The van der Waals surface area contributed by atoms with Gasteiger partial charge in [-0.15, -0.1) is 0 Å². The van der Waals surface area contributed by atoms with E-state index in [1.165, 1.54) is 0 Å². The highest BCUT2D eigenvalue weighted by Crippen LogP contribution is 2.37. The fourth-order valence-electron chi connectivity index (χ4n) is 1.52. The molecule has 0 radical (unpaired) electrons. The Morgan fingerprint density at radius 3 is 1.76 bits per heavy atom. The summed E-state index contributed by atoms with van der Waals surface area (Å²) in [6.07, 6.45) is 0. The third-order valence-corrected chi connectivity index (χ3v) is 4.82. The number of hydrogen-bond donors (Lipinski definition) is 1. The molecule has 0 saturated carbocycles. The third-order valence-electron chi connectivity index (χ3n) is 2.43. The lowest BCUT2D eigenvalue weighted by Gasteiger charge is -2.06. The number of rotatable bonds is 2. The summed E-state index contributed by atoms with van der Waals surface area (Å²) in [7, 11) is -4.77. The van der Waals surface area contributed by atoms with Gasteiger partial charge in [0.25, 0.3) is 0 Å². The second-order valence-corrected chi connectivity index (χ2v) is 6.41. The highest BCUT2D eigenvalue weighted by molar-refractivity contribution is 7.88. The summed E-state index contributed by atoms with van der Waals surface area (Å²) in [6.45, 7) is 1.10. The lowest BCUT2D eigenvalue weighted by Crippen LogP contribution is -2.03. The lowest BCUT2D eigenvalue weighted by molar-refractivity contribution is 0.381. The molecule has 4 nitrogen and oxygen atoms in total. The van der Waals surface area contributed by atoms with E-state index < -0.39 is 54.0 Å².